The summed E-state index contributed by atoms with van der Waals surface area (Å²) in [7, 11) is 0. The van der Waals surface area contributed by atoms with E-state index in [9.17, 15) is 0 Å². The van der Waals surface area contributed by atoms with Crippen molar-refractivity contribution in [1.29, 1.82) is 0 Å². The van der Waals surface area contributed by atoms with E-state index in [1.54, 1.807) is 0 Å². The van der Waals surface area contributed by atoms with Crippen LogP contribution in [0.15, 0.2) is 48.6 Å². The zero-order valence-corrected chi connectivity index (χ0v) is 15.1. The molecule has 122 valence electrons. The van der Waals surface area contributed by atoms with E-state index < -0.39 is 0 Å². The fraction of sp³-hybridized carbons (Fsp3) is 0.619. The molecule has 0 aliphatic heterocycles. The molecule has 0 aliphatic rings. The van der Waals surface area contributed by atoms with Crippen LogP contribution in [0.4, 0.5) is 0 Å². The van der Waals surface area contributed by atoms with E-state index in [1.165, 1.54) is 56.1 Å². The highest BCUT2D eigenvalue weighted by molar-refractivity contribution is 5.05. The van der Waals surface area contributed by atoms with Crippen molar-refractivity contribution < 1.29 is 0 Å². The lowest BCUT2D eigenvalue weighted by atomic mass is 10.1. The van der Waals surface area contributed by atoms with Gasteiger partial charge in [0.25, 0.3) is 0 Å². The minimum absolute atomic E-state index is 1.02. The first-order valence-corrected chi connectivity index (χ1v) is 8.71. The van der Waals surface area contributed by atoms with Gasteiger partial charge in [-0.15, -0.1) is 13.2 Å². The standard InChI is InChI=1S/C11H20.C10H18/c1-4-7-8-10-11(6-3)9-5-2;1-4-6-8-10(3)9-7-5-2/h5,10H,2,4,6-9H2,1,3H3;4,8H,1,5-7,9H2,2-3H3. The maximum atomic E-state index is 3.74. The molecule has 0 atom stereocenters. The first-order valence-electron chi connectivity index (χ1n) is 8.71. The van der Waals surface area contributed by atoms with Crippen molar-refractivity contribution in [1.82, 2.24) is 0 Å². The molecule has 0 spiro atoms. The summed E-state index contributed by atoms with van der Waals surface area (Å²) in [5, 5.41) is 0. The molecular weight excluding hydrogens is 252 g/mol. The molecule has 0 saturated heterocycles. The smallest absolute Gasteiger partial charge is 0.0142 e. The van der Waals surface area contributed by atoms with Crippen molar-refractivity contribution in [3.63, 3.8) is 0 Å². The van der Waals surface area contributed by atoms with Crippen LogP contribution in [0.3, 0.4) is 0 Å². The van der Waals surface area contributed by atoms with Crippen LogP contribution in [-0.4, -0.2) is 0 Å². The summed E-state index contributed by atoms with van der Waals surface area (Å²) in [6.45, 7) is 16.3. The van der Waals surface area contributed by atoms with Gasteiger partial charge < -0.3 is 0 Å². The van der Waals surface area contributed by atoms with E-state index in [2.05, 4.69) is 53.0 Å². The molecule has 0 unspecified atom stereocenters. The van der Waals surface area contributed by atoms with Gasteiger partial charge in [0.15, 0.2) is 0 Å². The van der Waals surface area contributed by atoms with Gasteiger partial charge >= 0.3 is 0 Å². The Morgan fingerprint density at radius 1 is 0.905 bits per heavy atom. The van der Waals surface area contributed by atoms with Crippen molar-refractivity contribution in [3.8, 4) is 0 Å². The van der Waals surface area contributed by atoms with Gasteiger partial charge in [-0.2, -0.15) is 0 Å². The van der Waals surface area contributed by atoms with Crippen molar-refractivity contribution >= 4 is 0 Å². The fourth-order valence-corrected chi connectivity index (χ4v) is 1.91. The number of unbranched alkanes of at least 4 members (excludes halogenated alkanes) is 3. The molecule has 0 aliphatic carbocycles. The Kier molecular flexibility index (Phi) is 20.1. The van der Waals surface area contributed by atoms with Gasteiger partial charge in [0.1, 0.15) is 0 Å². The molecule has 0 N–H and O–H groups in total. The Morgan fingerprint density at radius 3 is 2.05 bits per heavy atom. The first-order chi connectivity index (χ1) is 10.2. The molecule has 0 saturated carbocycles. The molecule has 21 heavy (non-hydrogen) atoms. The Morgan fingerprint density at radius 2 is 1.57 bits per heavy atom. The van der Waals surface area contributed by atoms with Crippen LogP contribution in [0.25, 0.3) is 0 Å². The van der Waals surface area contributed by atoms with E-state index in [0.717, 1.165) is 12.8 Å². The maximum absolute atomic E-state index is 3.74. The second-order valence-electron chi connectivity index (χ2n) is 5.53. The highest BCUT2D eigenvalue weighted by Crippen LogP contribution is 2.09. The second kappa shape index (κ2) is 19.0. The molecule has 0 aromatic heterocycles. The number of hydrogen-bond acceptors (Lipinski definition) is 0. The Bertz CT molecular complexity index is 291. The van der Waals surface area contributed by atoms with Gasteiger partial charge in [0.2, 0.25) is 0 Å². The predicted molar refractivity (Wildman–Crippen MR) is 101 cm³/mol. The lowest BCUT2D eigenvalue weighted by Crippen LogP contribution is -1.78. The zero-order chi connectivity index (χ0) is 16.3. The van der Waals surface area contributed by atoms with Crippen molar-refractivity contribution in [2.75, 3.05) is 0 Å². The van der Waals surface area contributed by atoms with Gasteiger partial charge in [0, 0.05) is 0 Å². The normalized spacial score (nSPS) is 11.6. The Hall–Kier alpha value is -1.04. The molecule has 0 heteroatoms. The van der Waals surface area contributed by atoms with Crippen LogP contribution >= 0.6 is 0 Å². The average Bonchev–Trinajstić information content (AvgIpc) is 2.50. The lowest BCUT2D eigenvalue weighted by molar-refractivity contribution is 0.785. The number of rotatable bonds is 11. The molecule has 0 aromatic rings. The van der Waals surface area contributed by atoms with E-state index in [4.69, 9.17) is 0 Å². The second-order valence-corrected chi connectivity index (χ2v) is 5.53. The molecule has 0 bridgehead atoms. The lowest BCUT2D eigenvalue weighted by Gasteiger charge is -1.99. The summed E-state index contributed by atoms with van der Waals surface area (Å²) in [5.41, 5.74) is 3.04. The minimum atomic E-state index is 1.02. The van der Waals surface area contributed by atoms with Crippen molar-refractivity contribution in [2.45, 2.75) is 85.5 Å². The van der Waals surface area contributed by atoms with E-state index in [1.807, 2.05) is 12.2 Å². The quantitative estimate of drug-likeness (QED) is 0.269. The third-order valence-electron chi connectivity index (χ3n) is 3.41. The fourth-order valence-electron chi connectivity index (χ4n) is 1.91. The monoisotopic (exact) mass is 290 g/mol. The molecule has 0 radical (unpaired) electrons. The molecule has 0 amide bonds. The Labute approximate surface area is 134 Å². The average molecular weight is 291 g/mol. The molecular formula is C21H38. The summed E-state index contributed by atoms with van der Waals surface area (Å²) in [4.78, 5) is 0. The number of hydrogen-bond donors (Lipinski definition) is 0. The topological polar surface area (TPSA) is 0 Å². The van der Waals surface area contributed by atoms with E-state index in [0.29, 0.717) is 0 Å². The van der Waals surface area contributed by atoms with Crippen molar-refractivity contribution in [2.24, 2.45) is 0 Å². The van der Waals surface area contributed by atoms with Crippen LogP contribution in [0.5, 0.6) is 0 Å². The van der Waals surface area contributed by atoms with Crippen LogP contribution < -0.4 is 0 Å². The summed E-state index contributed by atoms with van der Waals surface area (Å²) in [5.74, 6) is 0. The van der Waals surface area contributed by atoms with Crippen LogP contribution in [0.1, 0.15) is 85.5 Å². The third kappa shape index (κ3) is 19.0. The highest BCUT2D eigenvalue weighted by atomic mass is 14.0. The summed E-state index contributed by atoms with van der Waals surface area (Å²) >= 11 is 0. The molecule has 0 rings (SSSR count). The van der Waals surface area contributed by atoms with Gasteiger partial charge in [-0.1, -0.05) is 75.5 Å². The van der Waals surface area contributed by atoms with E-state index >= 15 is 0 Å². The minimum Gasteiger partial charge on any atom is -0.103 e. The maximum Gasteiger partial charge on any atom is -0.0142 e. The van der Waals surface area contributed by atoms with E-state index in [-0.39, 0.29) is 0 Å². The Balaban J connectivity index is 0. The molecule has 0 heterocycles. The van der Waals surface area contributed by atoms with Crippen LogP contribution in [-0.2, 0) is 0 Å². The molecule has 0 nitrogen and oxygen atoms in total. The van der Waals surface area contributed by atoms with Gasteiger partial charge in [-0.05, 0) is 45.4 Å². The zero-order valence-electron chi connectivity index (χ0n) is 15.1. The first kappa shape index (κ1) is 22.2. The summed E-state index contributed by atoms with van der Waals surface area (Å²) < 4.78 is 0. The van der Waals surface area contributed by atoms with Gasteiger partial charge in [0.05, 0.1) is 0 Å². The van der Waals surface area contributed by atoms with Gasteiger partial charge in [-0.3, -0.25) is 0 Å². The SMILES string of the molecule is C=CCC(=CCCCC)CC.C=CCC=C(C)CCCC. The van der Waals surface area contributed by atoms with Crippen molar-refractivity contribution in [3.05, 3.63) is 48.6 Å². The summed E-state index contributed by atoms with van der Waals surface area (Å²) in [6.07, 6.45) is 19.5. The van der Waals surface area contributed by atoms with Crippen LogP contribution in [0.2, 0.25) is 0 Å². The third-order valence-corrected chi connectivity index (χ3v) is 3.41. The van der Waals surface area contributed by atoms with Gasteiger partial charge in [-0.25, -0.2) is 0 Å². The summed E-state index contributed by atoms with van der Waals surface area (Å²) in [6, 6.07) is 0. The largest absolute Gasteiger partial charge is 0.103 e. The highest BCUT2D eigenvalue weighted by Gasteiger charge is 1.89. The number of allylic oxidation sites excluding steroid dienone is 6. The molecule has 0 fully saturated rings. The predicted octanol–water partition coefficient (Wildman–Crippen LogP) is 7.79. The van der Waals surface area contributed by atoms with Crippen LogP contribution in [0, 0.1) is 0 Å². The molecule has 0 aromatic carbocycles.